The molecule has 3 aliphatic rings. The van der Waals surface area contributed by atoms with E-state index in [2.05, 4.69) is 6.07 Å². The van der Waals surface area contributed by atoms with Crippen LogP contribution >= 0.6 is 12.4 Å². The average Bonchev–Trinajstić information content (AvgIpc) is 3.17. The second kappa shape index (κ2) is 7.12. The monoisotopic (exact) mass is 464 g/mol. The molecule has 33 heavy (non-hydrogen) atoms. The molecule has 9 heteroatoms. The van der Waals surface area contributed by atoms with Gasteiger partial charge in [0.15, 0.2) is 5.60 Å². The number of nitriles is 1. The molecule has 0 saturated heterocycles. The molecule has 0 amide bonds. The SMILES string of the molecule is CC[C@@]1(O)C(=O)OCc2c1cc1n(c2=O)Cc2c-1nc1ccc(C#N)c3c1c2C(N)CC3.Cl. The van der Waals surface area contributed by atoms with Gasteiger partial charge in [-0.2, -0.15) is 5.26 Å². The Labute approximate surface area is 195 Å². The van der Waals surface area contributed by atoms with Crippen molar-refractivity contribution < 1.29 is 14.6 Å². The molecule has 2 aliphatic heterocycles. The number of esters is 1. The smallest absolute Gasteiger partial charge is 0.343 e. The normalized spacial score (nSPS) is 22.0. The van der Waals surface area contributed by atoms with Crippen LogP contribution in [-0.4, -0.2) is 20.6 Å². The van der Waals surface area contributed by atoms with Gasteiger partial charge in [0.05, 0.1) is 40.6 Å². The number of hydrogen-bond acceptors (Lipinski definition) is 7. The lowest BCUT2D eigenvalue weighted by atomic mass is 9.82. The number of aromatic nitrogens is 2. The number of halogens is 1. The van der Waals surface area contributed by atoms with E-state index >= 15 is 0 Å². The lowest BCUT2D eigenvalue weighted by Gasteiger charge is -2.31. The van der Waals surface area contributed by atoms with E-state index in [1.165, 1.54) is 0 Å². The Morgan fingerprint density at radius 2 is 2.12 bits per heavy atom. The lowest BCUT2D eigenvalue weighted by Crippen LogP contribution is -2.44. The Kier molecular flexibility index (Phi) is 4.66. The minimum Gasteiger partial charge on any atom is -0.458 e. The van der Waals surface area contributed by atoms with Crippen LogP contribution in [0.15, 0.2) is 23.0 Å². The highest BCUT2D eigenvalue weighted by molar-refractivity contribution is 5.93. The van der Waals surface area contributed by atoms with Gasteiger partial charge in [-0.15, -0.1) is 12.4 Å². The molecular weight excluding hydrogens is 444 g/mol. The van der Waals surface area contributed by atoms with Crippen molar-refractivity contribution in [1.82, 2.24) is 9.55 Å². The van der Waals surface area contributed by atoms with Crippen LogP contribution in [-0.2, 0) is 34.7 Å². The number of fused-ring (bicyclic) bond motifs is 5. The molecule has 0 radical (unpaired) electrons. The van der Waals surface area contributed by atoms with Crippen molar-refractivity contribution in [2.24, 2.45) is 5.73 Å². The van der Waals surface area contributed by atoms with Gasteiger partial charge in [-0.25, -0.2) is 9.78 Å². The van der Waals surface area contributed by atoms with Crippen LogP contribution in [0.2, 0.25) is 0 Å². The largest absolute Gasteiger partial charge is 0.458 e. The minimum absolute atomic E-state index is 0. The standard InChI is InChI=1S/C24H20N4O4.ClH/c1-2-24(31)15-7-18-21-13(9-28(18)22(29)14(15)10-32-23(24)30)19-16(26)5-4-12-11(8-25)3-6-17(27-21)20(12)19;/h3,6-7,16,31H,2,4-5,9-10,26H2,1H3;1H/t16?,24-;/m0./s1. The van der Waals surface area contributed by atoms with Gasteiger partial charge in [-0.1, -0.05) is 6.92 Å². The number of benzene rings is 1. The maximum absolute atomic E-state index is 13.4. The molecule has 0 spiro atoms. The van der Waals surface area contributed by atoms with Crippen molar-refractivity contribution in [3.05, 3.63) is 61.9 Å². The Balaban J connectivity index is 0.00000228. The van der Waals surface area contributed by atoms with E-state index in [0.29, 0.717) is 47.5 Å². The summed E-state index contributed by atoms with van der Waals surface area (Å²) in [4.78, 5) is 30.6. The molecule has 3 N–H and O–H groups in total. The molecule has 1 unspecified atom stereocenters. The maximum atomic E-state index is 13.4. The number of pyridine rings is 2. The van der Waals surface area contributed by atoms with E-state index in [4.69, 9.17) is 15.5 Å². The van der Waals surface area contributed by atoms with Gasteiger partial charge in [0, 0.05) is 22.6 Å². The van der Waals surface area contributed by atoms with Crippen molar-refractivity contribution in [3.8, 4) is 17.5 Å². The van der Waals surface area contributed by atoms with E-state index in [-0.39, 0.29) is 37.0 Å². The molecule has 6 rings (SSSR count). The van der Waals surface area contributed by atoms with Gasteiger partial charge >= 0.3 is 5.97 Å². The van der Waals surface area contributed by atoms with Crippen molar-refractivity contribution >= 4 is 29.3 Å². The number of carbonyl (C=O) groups excluding carboxylic acids is 1. The first-order valence-corrected chi connectivity index (χ1v) is 10.7. The van der Waals surface area contributed by atoms with Crippen LogP contribution in [0.3, 0.4) is 0 Å². The first-order chi connectivity index (χ1) is 15.4. The Morgan fingerprint density at radius 1 is 1.33 bits per heavy atom. The minimum atomic E-state index is -1.86. The second-order valence-corrected chi connectivity index (χ2v) is 8.70. The number of aliphatic hydroxyl groups is 1. The van der Waals surface area contributed by atoms with Crippen LogP contribution in [0.4, 0.5) is 0 Å². The molecule has 2 aromatic heterocycles. The van der Waals surface area contributed by atoms with E-state index in [0.717, 1.165) is 27.6 Å². The number of nitrogens with two attached hydrogens (primary N) is 1. The molecule has 0 fully saturated rings. The maximum Gasteiger partial charge on any atom is 0.343 e. The zero-order chi connectivity index (χ0) is 22.4. The highest BCUT2D eigenvalue weighted by Gasteiger charge is 2.45. The van der Waals surface area contributed by atoms with Gasteiger partial charge in [0.25, 0.3) is 5.56 Å². The fraction of sp³-hybridized carbons (Fsp3) is 0.333. The number of hydrogen-bond donors (Lipinski definition) is 2. The van der Waals surface area contributed by atoms with Gasteiger partial charge < -0.3 is 20.1 Å². The number of carbonyl (C=O) groups is 1. The van der Waals surface area contributed by atoms with Crippen molar-refractivity contribution in [2.45, 2.75) is 51.0 Å². The molecule has 1 aliphatic carbocycles. The molecule has 0 saturated carbocycles. The van der Waals surface area contributed by atoms with Crippen LogP contribution in [0.1, 0.15) is 59.2 Å². The summed E-state index contributed by atoms with van der Waals surface area (Å²) in [5, 5.41) is 21.5. The van der Waals surface area contributed by atoms with E-state index in [1.54, 1.807) is 23.6 Å². The highest BCUT2D eigenvalue weighted by atomic mass is 35.5. The topological polar surface area (TPSA) is 131 Å². The number of cyclic esters (lactones) is 1. The third-order valence-corrected chi connectivity index (χ3v) is 7.20. The Morgan fingerprint density at radius 3 is 2.85 bits per heavy atom. The molecule has 8 nitrogen and oxygen atoms in total. The summed E-state index contributed by atoms with van der Waals surface area (Å²) in [6.45, 7) is 1.82. The third kappa shape index (κ3) is 2.61. The molecule has 168 valence electrons. The van der Waals surface area contributed by atoms with Gasteiger partial charge in [-0.3, -0.25) is 4.79 Å². The molecule has 1 aromatic carbocycles. The molecule has 3 aromatic rings. The summed E-state index contributed by atoms with van der Waals surface area (Å²) in [5.74, 6) is -0.743. The average molecular weight is 465 g/mol. The molecular formula is C24H21ClN4O4. The zero-order valence-electron chi connectivity index (χ0n) is 17.8. The summed E-state index contributed by atoms with van der Waals surface area (Å²) in [6.07, 6.45) is 1.51. The summed E-state index contributed by atoms with van der Waals surface area (Å²) < 4.78 is 6.75. The second-order valence-electron chi connectivity index (χ2n) is 8.70. The Hall–Kier alpha value is -3.25. The fourth-order valence-corrected chi connectivity index (χ4v) is 5.50. The zero-order valence-corrected chi connectivity index (χ0v) is 18.7. The summed E-state index contributed by atoms with van der Waals surface area (Å²) in [7, 11) is 0. The van der Waals surface area contributed by atoms with Crippen LogP contribution in [0, 0.1) is 11.3 Å². The van der Waals surface area contributed by atoms with E-state index in [1.807, 2.05) is 6.07 Å². The predicted molar refractivity (Wildman–Crippen MR) is 122 cm³/mol. The van der Waals surface area contributed by atoms with Crippen LogP contribution in [0.25, 0.3) is 22.3 Å². The molecule has 2 atom stereocenters. The van der Waals surface area contributed by atoms with Gasteiger partial charge in [0.2, 0.25) is 0 Å². The van der Waals surface area contributed by atoms with Crippen LogP contribution < -0.4 is 11.3 Å². The summed E-state index contributed by atoms with van der Waals surface area (Å²) in [5.41, 5.74) is 10.3. The summed E-state index contributed by atoms with van der Waals surface area (Å²) >= 11 is 0. The molecule has 4 heterocycles. The third-order valence-electron chi connectivity index (χ3n) is 7.20. The van der Waals surface area contributed by atoms with Crippen molar-refractivity contribution in [1.29, 1.82) is 5.26 Å². The number of aryl methyl sites for hydroxylation is 1. The lowest BCUT2D eigenvalue weighted by molar-refractivity contribution is -0.172. The number of rotatable bonds is 1. The first kappa shape index (κ1) is 21.6. The first-order valence-electron chi connectivity index (χ1n) is 10.7. The highest BCUT2D eigenvalue weighted by Crippen LogP contribution is 2.44. The predicted octanol–water partition coefficient (Wildman–Crippen LogP) is 2.32. The number of ether oxygens (including phenoxy) is 1. The van der Waals surface area contributed by atoms with Crippen molar-refractivity contribution in [2.75, 3.05) is 0 Å². The Bertz CT molecular complexity index is 1490. The van der Waals surface area contributed by atoms with Crippen LogP contribution in [0.5, 0.6) is 0 Å². The van der Waals surface area contributed by atoms with Crippen molar-refractivity contribution in [3.63, 3.8) is 0 Å². The van der Waals surface area contributed by atoms with E-state index in [9.17, 15) is 20.0 Å². The fourth-order valence-electron chi connectivity index (χ4n) is 5.50. The van der Waals surface area contributed by atoms with Gasteiger partial charge in [-0.05, 0) is 48.6 Å². The molecule has 0 bridgehead atoms. The van der Waals surface area contributed by atoms with E-state index < -0.39 is 11.6 Å². The van der Waals surface area contributed by atoms with Gasteiger partial charge in [0.1, 0.15) is 6.61 Å². The number of nitrogens with zero attached hydrogens (tertiary/aromatic N) is 3. The quantitative estimate of drug-likeness (QED) is 0.413. The summed E-state index contributed by atoms with van der Waals surface area (Å²) in [6, 6.07) is 7.34.